The number of Topliss-reactive ketones (excluding diaryl/α,β-unsaturated/α-hetero) is 1. The van der Waals surface area contributed by atoms with E-state index in [0.717, 1.165) is 21.3 Å². The van der Waals surface area contributed by atoms with Crippen LogP contribution in [0.3, 0.4) is 0 Å². The van der Waals surface area contributed by atoms with Crippen LogP contribution in [0.2, 0.25) is 5.02 Å². The first-order valence-corrected chi connectivity index (χ1v) is 7.34. The maximum atomic E-state index is 12.8. The van der Waals surface area contributed by atoms with E-state index in [0.29, 0.717) is 0 Å². The third-order valence-corrected chi connectivity index (χ3v) is 3.70. The quantitative estimate of drug-likeness (QED) is 0.323. The first kappa shape index (κ1) is 20.6. The number of carbonyl (C=O) groups is 4. The summed E-state index contributed by atoms with van der Waals surface area (Å²) in [7, 11) is 2.92. The molecule has 0 fully saturated rings. The summed E-state index contributed by atoms with van der Waals surface area (Å²) in [5, 5.41) is 10.9. The van der Waals surface area contributed by atoms with Crippen LogP contribution in [0, 0.1) is 5.92 Å². The standard InChI is InChI=1S/C16H17ClO8/c1-23-11(18)8-16(22,15(21)25-3)12(14(20)24-2)13(19)9-5-4-6-10(17)7-9/h4-7,12,22H,8H2,1-3H3. The van der Waals surface area contributed by atoms with E-state index in [1.807, 2.05) is 0 Å². The molecule has 8 nitrogen and oxygen atoms in total. The molecular formula is C16H17ClO8. The van der Waals surface area contributed by atoms with Gasteiger partial charge in [0.15, 0.2) is 17.3 Å². The molecule has 0 radical (unpaired) electrons. The van der Waals surface area contributed by atoms with Crippen LogP contribution < -0.4 is 0 Å². The predicted octanol–water partition coefficient (Wildman–Crippen LogP) is 0.779. The van der Waals surface area contributed by atoms with Gasteiger partial charge in [0.2, 0.25) is 0 Å². The lowest BCUT2D eigenvalue weighted by molar-refractivity contribution is -0.179. The molecule has 0 aliphatic heterocycles. The monoisotopic (exact) mass is 372 g/mol. The second-order valence-electron chi connectivity index (χ2n) is 5.00. The maximum absolute atomic E-state index is 12.8. The molecule has 0 saturated heterocycles. The van der Waals surface area contributed by atoms with Crippen molar-refractivity contribution in [1.82, 2.24) is 0 Å². The molecule has 1 aromatic carbocycles. The summed E-state index contributed by atoms with van der Waals surface area (Å²) in [6.45, 7) is 0. The van der Waals surface area contributed by atoms with Crippen molar-refractivity contribution in [2.24, 2.45) is 5.92 Å². The first-order valence-electron chi connectivity index (χ1n) is 6.96. The Balaban J connectivity index is 3.47. The number of hydrogen-bond donors (Lipinski definition) is 1. The van der Waals surface area contributed by atoms with Crippen molar-refractivity contribution in [3.63, 3.8) is 0 Å². The number of ether oxygens (including phenoxy) is 3. The number of rotatable bonds is 7. The smallest absolute Gasteiger partial charge is 0.339 e. The van der Waals surface area contributed by atoms with Crippen LogP contribution in [0.15, 0.2) is 24.3 Å². The van der Waals surface area contributed by atoms with E-state index in [4.69, 9.17) is 11.6 Å². The summed E-state index contributed by atoms with van der Waals surface area (Å²) in [6, 6.07) is 5.52. The highest BCUT2D eigenvalue weighted by molar-refractivity contribution is 6.31. The van der Waals surface area contributed by atoms with Gasteiger partial charge < -0.3 is 19.3 Å². The number of halogens is 1. The molecule has 2 atom stereocenters. The van der Waals surface area contributed by atoms with Gasteiger partial charge >= 0.3 is 17.9 Å². The van der Waals surface area contributed by atoms with Gasteiger partial charge in [0.05, 0.1) is 27.8 Å². The minimum absolute atomic E-state index is 0.0601. The van der Waals surface area contributed by atoms with Crippen LogP contribution in [0.5, 0.6) is 0 Å². The zero-order chi connectivity index (χ0) is 19.2. The summed E-state index contributed by atoms with van der Waals surface area (Å²) in [5.74, 6) is -6.63. The van der Waals surface area contributed by atoms with Gasteiger partial charge in [-0.15, -0.1) is 0 Å². The fourth-order valence-corrected chi connectivity index (χ4v) is 2.40. The van der Waals surface area contributed by atoms with E-state index in [1.54, 1.807) is 0 Å². The fraction of sp³-hybridized carbons (Fsp3) is 0.375. The average Bonchev–Trinajstić information content (AvgIpc) is 2.60. The molecule has 0 bridgehead atoms. The lowest BCUT2D eigenvalue weighted by Crippen LogP contribution is -2.55. The van der Waals surface area contributed by atoms with Gasteiger partial charge in [-0.1, -0.05) is 23.7 Å². The molecule has 0 heterocycles. The van der Waals surface area contributed by atoms with Crippen LogP contribution in [0.25, 0.3) is 0 Å². The first-order chi connectivity index (χ1) is 11.7. The minimum atomic E-state index is -2.81. The Hall–Kier alpha value is -2.45. The topological polar surface area (TPSA) is 116 Å². The van der Waals surface area contributed by atoms with Crippen molar-refractivity contribution in [2.75, 3.05) is 21.3 Å². The van der Waals surface area contributed by atoms with E-state index in [-0.39, 0.29) is 10.6 Å². The number of methoxy groups -OCH3 is 3. The molecular weight excluding hydrogens is 356 g/mol. The SMILES string of the molecule is COC(=O)CC(O)(C(=O)OC)C(C(=O)OC)C(=O)c1cccc(Cl)c1. The number of benzene rings is 1. The van der Waals surface area contributed by atoms with Crippen LogP contribution in [0.4, 0.5) is 0 Å². The number of ketones is 1. The lowest BCUT2D eigenvalue weighted by Gasteiger charge is -2.30. The number of carbonyl (C=O) groups excluding carboxylic acids is 4. The Labute approximate surface area is 148 Å². The zero-order valence-corrected chi connectivity index (χ0v) is 14.5. The highest BCUT2D eigenvalue weighted by Gasteiger charge is 2.55. The summed E-state index contributed by atoms with van der Waals surface area (Å²) in [6.07, 6.45) is -0.984. The van der Waals surface area contributed by atoms with Gasteiger partial charge in [-0.2, -0.15) is 0 Å². The summed E-state index contributed by atoms with van der Waals surface area (Å²) in [5.41, 5.74) is -2.87. The molecule has 0 aromatic heterocycles. The summed E-state index contributed by atoms with van der Waals surface area (Å²) in [4.78, 5) is 48.6. The van der Waals surface area contributed by atoms with E-state index in [9.17, 15) is 24.3 Å². The number of aliphatic hydroxyl groups is 1. The largest absolute Gasteiger partial charge is 0.469 e. The van der Waals surface area contributed by atoms with Crippen molar-refractivity contribution >= 4 is 35.3 Å². The van der Waals surface area contributed by atoms with Gasteiger partial charge in [0, 0.05) is 10.6 Å². The van der Waals surface area contributed by atoms with Gasteiger partial charge in [0.25, 0.3) is 0 Å². The lowest BCUT2D eigenvalue weighted by atomic mass is 9.79. The maximum Gasteiger partial charge on any atom is 0.339 e. The molecule has 0 aliphatic rings. The number of hydrogen-bond acceptors (Lipinski definition) is 8. The molecule has 2 unspecified atom stereocenters. The number of esters is 3. The Morgan fingerprint density at radius 2 is 1.76 bits per heavy atom. The van der Waals surface area contributed by atoms with E-state index in [2.05, 4.69) is 14.2 Å². The molecule has 1 N–H and O–H groups in total. The molecule has 136 valence electrons. The van der Waals surface area contributed by atoms with Gasteiger partial charge in [-0.05, 0) is 12.1 Å². The predicted molar refractivity (Wildman–Crippen MR) is 84.9 cm³/mol. The Kier molecular flexibility index (Phi) is 7.08. The Bertz CT molecular complexity index is 686. The second-order valence-corrected chi connectivity index (χ2v) is 5.44. The summed E-state index contributed by atoms with van der Waals surface area (Å²) < 4.78 is 13.4. The van der Waals surface area contributed by atoms with Crippen molar-refractivity contribution in [3.05, 3.63) is 34.9 Å². The molecule has 1 rings (SSSR count). The van der Waals surface area contributed by atoms with Gasteiger partial charge in [-0.25, -0.2) is 4.79 Å². The fourth-order valence-electron chi connectivity index (χ4n) is 2.21. The van der Waals surface area contributed by atoms with Crippen LogP contribution in [-0.2, 0) is 28.6 Å². The Morgan fingerprint density at radius 1 is 1.12 bits per heavy atom. The zero-order valence-electron chi connectivity index (χ0n) is 13.8. The van der Waals surface area contributed by atoms with E-state index < -0.39 is 41.6 Å². The highest BCUT2D eigenvalue weighted by Crippen LogP contribution is 2.29. The average molecular weight is 373 g/mol. The normalized spacial score (nSPS) is 14.0. The van der Waals surface area contributed by atoms with Crippen LogP contribution >= 0.6 is 11.6 Å². The molecule has 0 spiro atoms. The molecule has 1 aromatic rings. The molecule has 0 saturated carbocycles. The molecule has 25 heavy (non-hydrogen) atoms. The van der Waals surface area contributed by atoms with Crippen LogP contribution in [-0.4, -0.2) is 55.7 Å². The van der Waals surface area contributed by atoms with E-state index in [1.165, 1.54) is 24.3 Å². The minimum Gasteiger partial charge on any atom is -0.469 e. The Morgan fingerprint density at radius 3 is 2.24 bits per heavy atom. The van der Waals surface area contributed by atoms with Gasteiger partial charge in [-0.3, -0.25) is 14.4 Å². The van der Waals surface area contributed by atoms with Crippen molar-refractivity contribution in [3.8, 4) is 0 Å². The molecule has 0 aliphatic carbocycles. The molecule has 9 heteroatoms. The third kappa shape index (κ3) is 4.55. The highest BCUT2D eigenvalue weighted by atomic mass is 35.5. The summed E-state index contributed by atoms with van der Waals surface area (Å²) >= 11 is 5.82. The molecule has 0 amide bonds. The second kappa shape index (κ2) is 8.59. The third-order valence-electron chi connectivity index (χ3n) is 3.47. The van der Waals surface area contributed by atoms with Crippen LogP contribution in [0.1, 0.15) is 16.8 Å². The van der Waals surface area contributed by atoms with Crippen molar-refractivity contribution < 1.29 is 38.5 Å². The van der Waals surface area contributed by atoms with Gasteiger partial charge in [0.1, 0.15) is 0 Å². The van der Waals surface area contributed by atoms with E-state index >= 15 is 0 Å². The van der Waals surface area contributed by atoms with Crippen molar-refractivity contribution in [2.45, 2.75) is 12.0 Å². The van der Waals surface area contributed by atoms with Crippen molar-refractivity contribution in [1.29, 1.82) is 0 Å².